The molecule has 7 nitrogen and oxygen atoms in total. The molecule has 3 N–H and O–H groups in total. The maximum atomic E-state index is 13.9. The van der Waals surface area contributed by atoms with E-state index in [4.69, 9.17) is 4.55 Å². The van der Waals surface area contributed by atoms with E-state index in [1.807, 2.05) is 45.1 Å². The largest absolute Gasteiger partial charge is 0.416 e. The van der Waals surface area contributed by atoms with E-state index in [0.717, 1.165) is 5.56 Å². The van der Waals surface area contributed by atoms with Gasteiger partial charge >= 0.3 is 12.4 Å². The number of carbonyl (C=O) groups is 2. The predicted molar refractivity (Wildman–Crippen MR) is 187 cm³/mol. The van der Waals surface area contributed by atoms with Crippen LogP contribution in [0.2, 0.25) is 0 Å². The SMILES string of the molecule is CC(C)(C)C=Cc1ccc(C(Cc2ccc(C(=O)NCCS(=O)(=O)O)cc2)C(=O)Nc2cccc(-c3cc(C(F)(F)F)cc(C(F)(F)F)c3)c2)cc1. The highest BCUT2D eigenvalue weighted by Gasteiger charge is 2.37. The molecule has 4 aromatic carbocycles. The van der Waals surface area contributed by atoms with Crippen LogP contribution < -0.4 is 10.6 Å². The van der Waals surface area contributed by atoms with Gasteiger partial charge in [-0.1, -0.05) is 81.5 Å². The Kier molecular flexibility index (Phi) is 12.1. The first-order valence-corrected chi connectivity index (χ1v) is 17.5. The van der Waals surface area contributed by atoms with E-state index in [1.165, 1.54) is 36.4 Å². The normalized spacial score (nSPS) is 13.2. The van der Waals surface area contributed by atoms with E-state index >= 15 is 0 Å². The minimum atomic E-state index is -5.03. The Bertz CT molecular complexity index is 2000. The third-order valence-corrected chi connectivity index (χ3v) is 8.50. The van der Waals surface area contributed by atoms with E-state index in [1.54, 1.807) is 24.3 Å². The van der Waals surface area contributed by atoms with Crippen LogP contribution in [-0.4, -0.2) is 37.1 Å². The molecule has 276 valence electrons. The molecule has 0 spiro atoms. The zero-order valence-corrected chi connectivity index (χ0v) is 29.1. The number of benzene rings is 4. The van der Waals surface area contributed by atoms with Crippen LogP contribution in [0, 0.1) is 5.41 Å². The molecule has 0 saturated heterocycles. The average molecular weight is 747 g/mol. The molecule has 14 heteroatoms. The van der Waals surface area contributed by atoms with Crippen molar-refractivity contribution < 1.29 is 48.9 Å². The summed E-state index contributed by atoms with van der Waals surface area (Å²) < 4.78 is 112. The van der Waals surface area contributed by atoms with Crippen LogP contribution in [0.3, 0.4) is 0 Å². The number of hydrogen-bond acceptors (Lipinski definition) is 4. The van der Waals surface area contributed by atoms with Crippen molar-refractivity contribution in [3.63, 3.8) is 0 Å². The van der Waals surface area contributed by atoms with Crippen LogP contribution in [0.15, 0.2) is 97.1 Å². The number of hydrogen-bond donors (Lipinski definition) is 3. The molecule has 0 aliphatic carbocycles. The van der Waals surface area contributed by atoms with Crippen LogP contribution in [0.4, 0.5) is 32.0 Å². The van der Waals surface area contributed by atoms with Gasteiger partial charge in [-0.3, -0.25) is 14.1 Å². The second-order valence-corrected chi connectivity index (χ2v) is 14.8. The molecule has 0 radical (unpaired) electrons. The number of rotatable bonds is 11. The summed E-state index contributed by atoms with van der Waals surface area (Å²) in [6, 6.07) is 20.2. The van der Waals surface area contributed by atoms with Crippen molar-refractivity contribution in [3.05, 3.63) is 130 Å². The number of anilines is 1. The number of allylic oxidation sites excluding steroid dienone is 1. The van der Waals surface area contributed by atoms with Gasteiger partial charge in [-0.15, -0.1) is 0 Å². The Morgan fingerprint density at radius 1 is 0.788 bits per heavy atom. The van der Waals surface area contributed by atoms with Crippen LogP contribution in [-0.2, 0) is 33.7 Å². The van der Waals surface area contributed by atoms with Crippen LogP contribution in [0.1, 0.15) is 64.9 Å². The second-order valence-electron chi connectivity index (χ2n) is 13.2. The summed E-state index contributed by atoms with van der Waals surface area (Å²) in [5.74, 6) is -2.58. The van der Waals surface area contributed by atoms with Gasteiger partial charge in [0.1, 0.15) is 0 Å². The third-order valence-electron chi connectivity index (χ3n) is 7.78. The van der Waals surface area contributed by atoms with E-state index in [0.29, 0.717) is 23.3 Å². The van der Waals surface area contributed by atoms with Gasteiger partial charge in [0.05, 0.1) is 22.8 Å². The van der Waals surface area contributed by atoms with E-state index in [-0.39, 0.29) is 46.8 Å². The predicted octanol–water partition coefficient (Wildman–Crippen LogP) is 9.03. The maximum Gasteiger partial charge on any atom is 0.416 e. The Balaban J connectivity index is 1.63. The number of alkyl halides is 6. The minimum absolute atomic E-state index is 0.0198. The number of nitrogens with one attached hydrogen (secondary N) is 2. The first-order chi connectivity index (χ1) is 24.1. The summed E-state index contributed by atoms with van der Waals surface area (Å²) >= 11 is 0. The van der Waals surface area contributed by atoms with Gasteiger partial charge in [0.25, 0.3) is 16.0 Å². The van der Waals surface area contributed by atoms with Crippen molar-refractivity contribution in [2.24, 2.45) is 5.41 Å². The van der Waals surface area contributed by atoms with Crippen molar-refractivity contribution in [1.29, 1.82) is 0 Å². The molecule has 0 fully saturated rings. The molecule has 0 heterocycles. The van der Waals surface area contributed by atoms with Crippen molar-refractivity contribution in [1.82, 2.24) is 5.32 Å². The lowest BCUT2D eigenvalue weighted by atomic mass is 9.89. The van der Waals surface area contributed by atoms with Gasteiger partial charge in [-0.05, 0) is 82.1 Å². The number of halogens is 6. The monoisotopic (exact) mass is 746 g/mol. The summed E-state index contributed by atoms with van der Waals surface area (Å²) in [6.45, 7) is 5.83. The molecule has 2 amide bonds. The Morgan fingerprint density at radius 2 is 1.38 bits per heavy atom. The molecular weight excluding hydrogens is 710 g/mol. The molecule has 0 aliphatic heterocycles. The van der Waals surface area contributed by atoms with Gasteiger partial charge in [-0.2, -0.15) is 34.8 Å². The molecule has 1 atom stereocenters. The standard InChI is InChI=1S/C38H36F6N2O5S/c1-36(2,3)16-15-24-7-11-26(12-8-24)33(19-25-9-13-27(14-10-25)34(47)45-17-18-52(49,50)51)35(48)46-32-6-4-5-28(22-32)29-20-30(37(39,40)41)23-31(21-29)38(42,43)44/h4-16,20-23,33H,17-19H2,1-3H3,(H,45,47)(H,46,48)(H,49,50,51). The Hall–Kier alpha value is -4.95. The Morgan fingerprint density at radius 3 is 1.92 bits per heavy atom. The highest BCUT2D eigenvalue weighted by atomic mass is 32.2. The molecule has 4 rings (SSSR count). The lowest BCUT2D eigenvalue weighted by molar-refractivity contribution is -0.143. The maximum absolute atomic E-state index is 13.9. The minimum Gasteiger partial charge on any atom is -0.351 e. The molecule has 4 aromatic rings. The van der Waals surface area contributed by atoms with Gasteiger partial charge in [0, 0.05) is 17.8 Å². The first kappa shape index (κ1) is 39.8. The average Bonchev–Trinajstić information content (AvgIpc) is 3.05. The van der Waals surface area contributed by atoms with Gasteiger partial charge in [0.15, 0.2) is 0 Å². The fourth-order valence-electron chi connectivity index (χ4n) is 5.10. The zero-order valence-electron chi connectivity index (χ0n) is 28.3. The van der Waals surface area contributed by atoms with Crippen molar-refractivity contribution in [2.75, 3.05) is 17.6 Å². The summed E-state index contributed by atoms with van der Waals surface area (Å²) in [5.41, 5.74) is -0.836. The smallest absolute Gasteiger partial charge is 0.351 e. The quantitative estimate of drug-likeness (QED) is 0.105. The van der Waals surface area contributed by atoms with Crippen molar-refractivity contribution in [2.45, 2.75) is 45.5 Å². The van der Waals surface area contributed by atoms with E-state index in [9.17, 15) is 44.3 Å². The fourth-order valence-corrected chi connectivity index (χ4v) is 5.46. The molecule has 0 aromatic heterocycles. The Labute approximate surface area is 297 Å². The number of carbonyl (C=O) groups excluding carboxylic acids is 2. The molecule has 1 unspecified atom stereocenters. The lowest BCUT2D eigenvalue weighted by Gasteiger charge is -2.19. The summed E-state index contributed by atoms with van der Waals surface area (Å²) in [5, 5.41) is 5.14. The summed E-state index contributed by atoms with van der Waals surface area (Å²) in [4.78, 5) is 26.3. The highest BCUT2D eigenvalue weighted by Crippen LogP contribution is 2.39. The van der Waals surface area contributed by atoms with Gasteiger partial charge < -0.3 is 10.6 Å². The van der Waals surface area contributed by atoms with Crippen LogP contribution >= 0.6 is 0 Å². The lowest BCUT2D eigenvalue weighted by Crippen LogP contribution is -2.28. The topological polar surface area (TPSA) is 113 Å². The molecule has 0 aliphatic rings. The zero-order chi connectivity index (χ0) is 38.5. The summed E-state index contributed by atoms with van der Waals surface area (Å²) in [6.07, 6.45) is -5.95. The van der Waals surface area contributed by atoms with Crippen molar-refractivity contribution in [3.8, 4) is 11.1 Å². The van der Waals surface area contributed by atoms with Crippen molar-refractivity contribution >= 4 is 33.7 Å². The van der Waals surface area contributed by atoms with E-state index in [2.05, 4.69) is 10.6 Å². The van der Waals surface area contributed by atoms with E-state index < -0.39 is 57.1 Å². The van der Waals surface area contributed by atoms with Crippen LogP contribution in [0.5, 0.6) is 0 Å². The third kappa shape index (κ3) is 11.8. The van der Waals surface area contributed by atoms with Crippen LogP contribution in [0.25, 0.3) is 17.2 Å². The summed E-state index contributed by atoms with van der Waals surface area (Å²) in [7, 11) is -4.26. The molecule has 0 saturated carbocycles. The second kappa shape index (κ2) is 15.7. The molecule has 0 bridgehead atoms. The van der Waals surface area contributed by atoms with Gasteiger partial charge in [-0.25, -0.2) is 0 Å². The highest BCUT2D eigenvalue weighted by molar-refractivity contribution is 7.85. The fraction of sp³-hybridized carbons (Fsp3) is 0.263. The number of amides is 2. The molecular formula is C38H36F6N2O5S. The first-order valence-electron chi connectivity index (χ1n) is 15.9. The van der Waals surface area contributed by atoms with Gasteiger partial charge in [0.2, 0.25) is 5.91 Å². The molecule has 52 heavy (non-hydrogen) atoms.